The van der Waals surface area contributed by atoms with Crippen LogP contribution in [0.3, 0.4) is 0 Å². The number of benzene rings is 2. The standard InChI is InChI=1S/C23H15N3O6/c27-22(29-12-20-25-14-6-1-3-10-18(14)31-20)16-8-5-9-17(24-16)23(28)30-13-21-26-15-7-2-4-11-19(15)32-21/h1-11H,12-13H2. The Bertz CT molecular complexity index is 1270. The van der Waals surface area contributed by atoms with Crippen LogP contribution in [0, 0.1) is 0 Å². The van der Waals surface area contributed by atoms with E-state index in [1.54, 1.807) is 24.3 Å². The summed E-state index contributed by atoms with van der Waals surface area (Å²) in [6.07, 6.45) is 0. The summed E-state index contributed by atoms with van der Waals surface area (Å²) in [5.74, 6) is -0.927. The maximum absolute atomic E-state index is 12.4. The van der Waals surface area contributed by atoms with Crippen molar-refractivity contribution in [1.29, 1.82) is 0 Å². The predicted molar refractivity (Wildman–Crippen MR) is 110 cm³/mol. The minimum absolute atomic E-state index is 0.0441. The number of nitrogens with zero attached hydrogens (tertiary/aromatic N) is 3. The summed E-state index contributed by atoms with van der Waals surface area (Å²) < 4.78 is 21.4. The Hall–Kier alpha value is -4.53. The van der Waals surface area contributed by atoms with Crippen molar-refractivity contribution in [2.75, 3.05) is 0 Å². The average molecular weight is 429 g/mol. The fraction of sp³-hybridized carbons (Fsp3) is 0.0870. The number of para-hydroxylation sites is 4. The second-order valence-electron chi connectivity index (χ2n) is 6.71. The molecule has 0 bridgehead atoms. The molecule has 0 radical (unpaired) electrons. The Balaban J connectivity index is 1.21. The van der Waals surface area contributed by atoms with Crippen LogP contribution in [0.2, 0.25) is 0 Å². The fourth-order valence-corrected chi connectivity index (χ4v) is 3.03. The summed E-state index contributed by atoms with van der Waals surface area (Å²) in [7, 11) is 0. The van der Waals surface area contributed by atoms with E-state index in [0.717, 1.165) is 0 Å². The van der Waals surface area contributed by atoms with Crippen molar-refractivity contribution in [3.05, 3.63) is 89.9 Å². The zero-order valence-corrected chi connectivity index (χ0v) is 16.6. The Morgan fingerprint density at radius 2 is 1.09 bits per heavy atom. The molecule has 5 aromatic rings. The van der Waals surface area contributed by atoms with Gasteiger partial charge in [0.1, 0.15) is 22.4 Å². The van der Waals surface area contributed by atoms with Crippen molar-refractivity contribution < 1.29 is 27.9 Å². The number of carbonyl (C=O) groups is 2. The van der Waals surface area contributed by atoms with Crippen molar-refractivity contribution in [3.63, 3.8) is 0 Å². The number of pyridine rings is 1. The van der Waals surface area contributed by atoms with Crippen LogP contribution in [0.15, 0.2) is 75.6 Å². The first-order chi connectivity index (χ1) is 15.7. The molecule has 2 aromatic carbocycles. The van der Waals surface area contributed by atoms with Gasteiger partial charge in [-0.2, -0.15) is 0 Å². The third kappa shape index (κ3) is 4.04. The molecule has 9 heteroatoms. The number of ether oxygens (including phenoxy) is 2. The molecule has 0 spiro atoms. The van der Waals surface area contributed by atoms with Crippen LogP contribution in [0.5, 0.6) is 0 Å². The smallest absolute Gasteiger partial charge is 0.357 e. The molecule has 9 nitrogen and oxygen atoms in total. The second-order valence-corrected chi connectivity index (χ2v) is 6.71. The van der Waals surface area contributed by atoms with Gasteiger partial charge in [0.25, 0.3) is 0 Å². The summed E-state index contributed by atoms with van der Waals surface area (Å²) >= 11 is 0. The van der Waals surface area contributed by atoms with Gasteiger partial charge in [-0.3, -0.25) is 0 Å². The lowest BCUT2D eigenvalue weighted by molar-refractivity contribution is 0.0423. The lowest BCUT2D eigenvalue weighted by Gasteiger charge is -2.04. The van der Waals surface area contributed by atoms with E-state index in [1.165, 1.54) is 18.2 Å². The quantitative estimate of drug-likeness (QED) is 0.368. The van der Waals surface area contributed by atoms with E-state index in [2.05, 4.69) is 15.0 Å². The van der Waals surface area contributed by atoms with Crippen LogP contribution in [-0.4, -0.2) is 26.9 Å². The number of esters is 2. The molecule has 0 saturated carbocycles. The predicted octanol–water partition coefficient (Wildman–Crippen LogP) is 4.08. The molecule has 0 N–H and O–H groups in total. The van der Waals surface area contributed by atoms with Crippen molar-refractivity contribution in [2.45, 2.75) is 13.2 Å². The van der Waals surface area contributed by atoms with Gasteiger partial charge in [0.2, 0.25) is 11.8 Å². The highest BCUT2D eigenvalue weighted by molar-refractivity contribution is 5.91. The van der Waals surface area contributed by atoms with Crippen LogP contribution in [0.1, 0.15) is 32.8 Å². The van der Waals surface area contributed by atoms with E-state index < -0.39 is 11.9 Å². The lowest BCUT2D eigenvalue weighted by Crippen LogP contribution is -2.13. The van der Waals surface area contributed by atoms with Crippen molar-refractivity contribution in [1.82, 2.24) is 15.0 Å². The number of carbonyl (C=O) groups excluding carboxylic acids is 2. The van der Waals surface area contributed by atoms with Gasteiger partial charge < -0.3 is 18.3 Å². The number of hydrogen-bond acceptors (Lipinski definition) is 9. The summed E-state index contributed by atoms with van der Waals surface area (Å²) in [5.41, 5.74) is 2.44. The maximum Gasteiger partial charge on any atom is 0.357 e. The average Bonchev–Trinajstić information content (AvgIpc) is 3.44. The highest BCUT2D eigenvalue weighted by Crippen LogP contribution is 2.17. The SMILES string of the molecule is O=C(OCc1nc2ccccc2o1)c1cccc(C(=O)OCc2nc3ccccc3o2)n1. The molecular formula is C23H15N3O6. The first kappa shape index (κ1) is 19.4. The van der Waals surface area contributed by atoms with Gasteiger partial charge >= 0.3 is 11.9 Å². The molecule has 3 aromatic heterocycles. The largest absolute Gasteiger partial charge is 0.451 e. The lowest BCUT2D eigenvalue weighted by atomic mass is 10.3. The molecule has 0 fully saturated rings. The summed E-state index contributed by atoms with van der Waals surface area (Å²) in [6.45, 7) is -0.330. The Morgan fingerprint density at radius 3 is 1.56 bits per heavy atom. The first-order valence-electron chi connectivity index (χ1n) is 9.66. The van der Waals surface area contributed by atoms with E-state index in [4.69, 9.17) is 18.3 Å². The molecule has 32 heavy (non-hydrogen) atoms. The number of rotatable bonds is 6. The van der Waals surface area contributed by atoms with Crippen LogP contribution in [0.4, 0.5) is 0 Å². The molecule has 3 heterocycles. The van der Waals surface area contributed by atoms with Gasteiger partial charge in [-0.25, -0.2) is 24.5 Å². The molecule has 0 saturated heterocycles. The second kappa shape index (κ2) is 8.31. The minimum Gasteiger partial charge on any atom is -0.451 e. The van der Waals surface area contributed by atoms with Gasteiger partial charge in [-0.15, -0.1) is 0 Å². The van der Waals surface area contributed by atoms with Crippen molar-refractivity contribution in [3.8, 4) is 0 Å². The van der Waals surface area contributed by atoms with E-state index >= 15 is 0 Å². The maximum atomic E-state index is 12.4. The van der Waals surface area contributed by atoms with Gasteiger partial charge in [0, 0.05) is 0 Å². The Kier molecular flexibility index (Phi) is 5.04. The van der Waals surface area contributed by atoms with Gasteiger partial charge in [-0.05, 0) is 36.4 Å². The molecule has 0 atom stereocenters. The third-order valence-corrected chi connectivity index (χ3v) is 4.50. The minimum atomic E-state index is -0.721. The number of fused-ring (bicyclic) bond motifs is 2. The fourth-order valence-electron chi connectivity index (χ4n) is 3.03. The van der Waals surface area contributed by atoms with E-state index in [0.29, 0.717) is 22.2 Å². The molecule has 0 aliphatic carbocycles. The summed E-state index contributed by atoms with van der Waals surface area (Å²) in [6, 6.07) is 18.8. The molecular weight excluding hydrogens is 414 g/mol. The molecule has 0 unspecified atom stereocenters. The van der Waals surface area contributed by atoms with E-state index in [1.807, 2.05) is 24.3 Å². The van der Waals surface area contributed by atoms with Crippen LogP contribution in [0.25, 0.3) is 22.2 Å². The third-order valence-electron chi connectivity index (χ3n) is 4.50. The topological polar surface area (TPSA) is 118 Å². The normalized spacial score (nSPS) is 11.0. The van der Waals surface area contributed by atoms with Gasteiger partial charge in [0.05, 0.1) is 0 Å². The molecule has 158 valence electrons. The first-order valence-corrected chi connectivity index (χ1v) is 9.66. The van der Waals surface area contributed by atoms with Crippen molar-refractivity contribution >= 4 is 34.1 Å². The summed E-state index contributed by atoms with van der Waals surface area (Å²) in [4.78, 5) is 37.2. The zero-order valence-electron chi connectivity index (χ0n) is 16.6. The molecule has 5 rings (SSSR count). The van der Waals surface area contributed by atoms with Crippen LogP contribution < -0.4 is 0 Å². The number of hydrogen-bond donors (Lipinski definition) is 0. The monoisotopic (exact) mass is 429 g/mol. The van der Waals surface area contributed by atoms with E-state index in [-0.39, 0.29) is 36.4 Å². The number of aromatic nitrogens is 3. The van der Waals surface area contributed by atoms with E-state index in [9.17, 15) is 9.59 Å². The van der Waals surface area contributed by atoms with Crippen LogP contribution in [-0.2, 0) is 22.7 Å². The van der Waals surface area contributed by atoms with Crippen LogP contribution >= 0.6 is 0 Å². The van der Waals surface area contributed by atoms with Gasteiger partial charge in [0.15, 0.2) is 24.4 Å². The Morgan fingerprint density at radius 1 is 0.625 bits per heavy atom. The Labute approximate surface area is 180 Å². The molecule has 0 aliphatic heterocycles. The number of oxazole rings is 2. The van der Waals surface area contributed by atoms with Crippen molar-refractivity contribution in [2.24, 2.45) is 0 Å². The summed E-state index contributed by atoms with van der Waals surface area (Å²) in [5, 5.41) is 0. The zero-order chi connectivity index (χ0) is 21.9. The molecule has 0 aliphatic rings. The highest BCUT2D eigenvalue weighted by Gasteiger charge is 2.17. The molecule has 0 amide bonds. The van der Waals surface area contributed by atoms with Gasteiger partial charge in [-0.1, -0.05) is 30.3 Å². The highest BCUT2D eigenvalue weighted by atomic mass is 16.5.